The second-order valence-electron chi connectivity index (χ2n) is 4.61. The van der Waals surface area contributed by atoms with Gasteiger partial charge in [-0.2, -0.15) is 0 Å². The summed E-state index contributed by atoms with van der Waals surface area (Å²) in [5, 5.41) is 10.0. The first-order valence-corrected chi connectivity index (χ1v) is 6.07. The highest BCUT2D eigenvalue weighted by atomic mass is 16.4. The number of aryl methyl sites for hydroxylation is 1. The molecule has 1 aromatic heterocycles. The monoisotopic (exact) mass is 251 g/mol. The van der Waals surface area contributed by atoms with Gasteiger partial charge in [-0.05, 0) is 30.7 Å². The molecule has 0 amide bonds. The zero-order chi connectivity index (χ0) is 13.4. The van der Waals surface area contributed by atoms with E-state index in [-0.39, 0.29) is 0 Å². The summed E-state index contributed by atoms with van der Waals surface area (Å²) in [6.45, 7) is 2.06. The summed E-state index contributed by atoms with van der Waals surface area (Å²) in [6.07, 6.45) is 0. The Hall–Kier alpha value is -2.55. The van der Waals surface area contributed by atoms with Crippen LogP contribution >= 0.6 is 0 Å². The molecule has 0 aliphatic rings. The van der Waals surface area contributed by atoms with Crippen molar-refractivity contribution in [2.24, 2.45) is 0 Å². The maximum atomic E-state index is 11.0. The number of benzene rings is 2. The highest BCUT2D eigenvalue weighted by molar-refractivity contribution is 5.95. The molecule has 0 saturated heterocycles. The topological polar surface area (TPSA) is 53.1 Å². The van der Waals surface area contributed by atoms with Crippen LogP contribution in [-0.2, 0) is 0 Å². The minimum Gasteiger partial charge on any atom is -0.478 e. The lowest BCUT2D eigenvalue weighted by Gasteiger charge is -2.01. The van der Waals surface area contributed by atoms with Gasteiger partial charge in [-0.25, -0.2) is 4.79 Å². The minimum atomic E-state index is -0.908. The van der Waals surface area contributed by atoms with E-state index in [1.807, 2.05) is 24.3 Å². The molecule has 0 aliphatic carbocycles. The van der Waals surface area contributed by atoms with E-state index in [9.17, 15) is 4.79 Å². The maximum Gasteiger partial charge on any atom is 0.335 e. The van der Waals surface area contributed by atoms with Crippen molar-refractivity contribution in [1.29, 1.82) is 0 Å². The first kappa shape index (κ1) is 11.5. The molecule has 94 valence electrons. The summed E-state index contributed by atoms with van der Waals surface area (Å²) in [7, 11) is 0. The van der Waals surface area contributed by atoms with E-state index in [2.05, 4.69) is 24.0 Å². The van der Waals surface area contributed by atoms with Crippen molar-refractivity contribution in [2.45, 2.75) is 6.92 Å². The molecular weight excluding hydrogens is 238 g/mol. The molecular formula is C16H13NO2. The van der Waals surface area contributed by atoms with Crippen LogP contribution in [0.1, 0.15) is 15.9 Å². The van der Waals surface area contributed by atoms with Gasteiger partial charge in [-0.3, -0.25) is 0 Å². The zero-order valence-electron chi connectivity index (χ0n) is 10.5. The second-order valence-corrected chi connectivity index (χ2v) is 4.61. The number of nitrogens with one attached hydrogen (secondary N) is 1. The van der Waals surface area contributed by atoms with Crippen molar-refractivity contribution < 1.29 is 9.90 Å². The van der Waals surface area contributed by atoms with Crippen LogP contribution in [0.3, 0.4) is 0 Å². The van der Waals surface area contributed by atoms with Crippen LogP contribution in [0.5, 0.6) is 0 Å². The van der Waals surface area contributed by atoms with Gasteiger partial charge in [0.15, 0.2) is 0 Å². The lowest BCUT2D eigenvalue weighted by molar-refractivity contribution is 0.0697. The standard InChI is InChI=1S/C16H13NO2/c1-10-4-2-3-5-13(10)15-8-11-6-7-12(16(18)19)9-14(11)17-15/h2-9,17H,1H3,(H,18,19). The Morgan fingerprint density at radius 3 is 2.63 bits per heavy atom. The number of carboxylic acid groups (broad SMARTS) is 1. The van der Waals surface area contributed by atoms with Gasteiger partial charge in [0.25, 0.3) is 0 Å². The number of rotatable bonds is 2. The smallest absolute Gasteiger partial charge is 0.335 e. The highest BCUT2D eigenvalue weighted by Crippen LogP contribution is 2.27. The average molecular weight is 251 g/mol. The normalized spacial score (nSPS) is 10.8. The first-order valence-electron chi connectivity index (χ1n) is 6.07. The summed E-state index contributed by atoms with van der Waals surface area (Å²) in [4.78, 5) is 14.2. The lowest BCUT2D eigenvalue weighted by Crippen LogP contribution is -1.94. The van der Waals surface area contributed by atoms with E-state index in [1.165, 1.54) is 5.56 Å². The van der Waals surface area contributed by atoms with Gasteiger partial charge in [-0.1, -0.05) is 30.3 Å². The number of aromatic amines is 1. The van der Waals surface area contributed by atoms with Gasteiger partial charge in [-0.15, -0.1) is 0 Å². The third kappa shape index (κ3) is 1.99. The fraction of sp³-hybridized carbons (Fsp3) is 0.0625. The Morgan fingerprint density at radius 2 is 1.89 bits per heavy atom. The summed E-state index contributed by atoms with van der Waals surface area (Å²) in [5.74, 6) is -0.908. The molecule has 0 fully saturated rings. The average Bonchev–Trinajstić information content (AvgIpc) is 2.81. The number of H-pyrrole nitrogens is 1. The molecule has 3 aromatic rings. The van der Waals surface area contributed by atoms with Crippen molar-refractivity contribution >= 4 is 16.9 Å². The van der Waals surface area contributed by atoms with E-state index in [0.717, 1.165) is 22.2 Å². The third-order valence-electron chi connectivity index (χ3n) is 3.30. The molecule has 0 spiro atoms. The summed E-state index contributed by atoms with van der Waals surface area (Å²) < 4.78 is 0. The van der Waals surface area contributed by atoms with Crippen molar-refractivity contribution in [1.82, 2.24) is 4.98 Å². The Labute approximate surface area is 110 Å². The van der Waals surface area contributed by atoms with Crippen molar-refractivity contribution in [3.63, 3.8) is 0 Å². The van der Waals surface area contributed by atoms with Crippen LogP contribution in [-0.4, -0.2) is 16.1 Å². The quantitative estimate of drug-likeness (QED) is 0.727. The molecule has 1 heterocycles. The van der Waals surface area contributed by atoms with Crippen molar-refractivity contribution in [3.8, 4) is 11.3 Å². The summed E-state index contributed by atoms with van der Waals surface area (Å²) >= 11 is 0. The van der Waals surface area contributed by atoms with Gasteiger partial charge in [0.1, 0.15) is 0 Å². The molecule has 2 N–H and O–H groups in total. The van der Waals surface area contributed by atoms with Crippen LogP contribution in [0.25, 0.3) is 22.2 Å². The molecule has 3 rings (SSSR count). The first-order chi connectivity index (χ1) is 9.15. The molecule has 0 aliphatic heterocycles. The van der Waals surface area contributed by atoms with Gasteiger partial charge < -0.3 is 10.1 Å². The Kier molecular flexibility index (Phi) is 2.60. The Bertz CT molecular complexity index is 771. The Balaban J connectivity index is 2.17. The molecule has 0 saturated carbocycles. The SMILES string of the molecule is Cc1ccccc1-c1cc2ccc(C(=O)O)cc2[nH]1. The number of hydrogen-bond acceptors (Lipinski definition) is 1. The number of aromatic carboxylic acids is 1. The van der Waals surface area contributed by atoms with Crippen LogP contribution in [0, 0.1) is 6.92 Å². The molecule has 0 radical (unpaired) electrons. The minimum absolute atomic E-state index is 0.297. The number of fused-ring (bicyclic) bond motifs is 1. The second kappa shape index (κ2) is 4.28. The highest BCUT2D eigenvalue weighted by Gasteiger charge is 2.08. The van der Waals surface area contributed by atoms with Gasteiger partial charge >= 0.3 is 5.97 Å². The zero-order valence-corrected chi connectivity index (χ0v) is 10.5. The Morgan fingerprint density at radius 1 is 1.11 bits per heavy atom. The van der Waals surface area contributed by atoms with E-state index >= 15 is 0 Å². The van der Waals surface area contributed by atoms with Gasteiger partial charge in [0.2, 0.25) is 0 Å². The molecule has 0 unspecified atom stereocenters. The summed E-state index contributed by atoms with van der Waals surface area (Å²) in [6, 6.07) is 15.3. The third-order valence-corrected chi connectivity index (χ3v) is 3.30. The van der Waals surface area contributed by atoms with Crippen molar-refractivity contribution in [3.05, 3.63) is 59.7 Å². The fourth-order valence-corrected chi connectivity index (χ4v) is 2.28. The number of carboxylic acids is 1. The predicted octanol–water partition coefficient (Wildman–Crippen LogP) is 3.84. The molecule has 3 nitrogen and oxygen atoms in total. The molecule has 2 aromatic carbocycles. The van der Waals surface area contributed by atoms with E-state index in [1.54, 1.807) is 12.1 Å². The van der Waals surface area contributed by atoms with Crippen LogP contribution in [0.15, 0.2) is 48.5 Å². The number of hydrogen-bond donors (Lipinski definition) is 2. The molecule has 3 heteroatoms. The van der Waals surface area contributed by atoms with E-state index in [0.29, 0.717) is 5.56 Å². The van der Waals surface area contributed by atoms with Gasteiger partial charge in [0, 0.05) is 22.2 Å². The molecule has 19 heavy (non-hydrogen) atoms. The lowest BCUT2D eigenvalue weighted by atomic mass is 10.1. The van der Waals surface area contributed by atoms with E-state index < -0.39 is 5.97 Å². The van der Waals surface area contributed by atoms with Crippen molar-refractivity contribution in [2.75, 3.05) is 0 Å². The largest absolute Gasteiger partial charge is 0.478 e. The molecule has 0 atom stereocenters. The van der Waals surface area contributed by atoms with Gasteiger partial charge in [0.05, 0.1) is 5.56 Å². The summed E-state index contributed by atoms with van der Waals surface area (Å²) in [5.41, 5.74) is 4.47. The number of carbonyl (C=O) groups is 1. The number of aromatic nitrogens is 1. The molecule has 0 bridgehead atoms. The van der Waals surface area contributed by atoms with Crippen LogP contribution in [0.4, 0.5) is 0 Å². The maximum absolute atomic E-state index is 11.0. The van der Waals surface area contributed by atoms with Crippen LogP contribution < -0.4 is 0 Å². The van der Waals surface area contributed by atoms with Crippen LogP contribution in [0.2, 0.25) is 0 Å². The fourth-order valence-electron chi connectivity index (χ4n) is 2.28. The predicted molar refractivity (Wildman–Crippen MR) is 75.4 cm³/mol. The van der Waals surface area contributed by atoms with E-state index in [4.69, 9.17) is 5.11 Å².